The quantitative estimate of drug-likeness (QED) is 0.768. The largest absolute Gasteiger partial charge is 0.468 e. The van der Waals surface area contributed by atoms with Crippen molar-refractivity contribution in [3.63, 3.8) is 0 Å². The van der Waals surface area contributed by atoms with Crippen molar-refractivity contribution < 1.29 is 13.9 Å². The van der Waals surface area contributed by atoms with Crippen molar-refractivity contribution >= 4 is 5.97 Å². The zero-order chi connectivity index (χ0) is 15.9. The number of rotatable bonds is 6. The lowest BCUT2D eigenvalue weighted by atomic mass is 10.0. The van der Waals surface area contributed by atoms with Crippen LogP contribution >= 0.6 is 0 Å². The number of halogens is 1. The van der Waals surface area contributed by atoms with Crippen LogP contribution in [0.3, 0.4) is 0 Å². The fraction of sp³-hybridized carbons (Fsp3) is 0.278. The maximum absolute atomic E-state index is 13.0. The van der Waals surface area contributed by atoms with E-state index < -0.39 is 6.04 Å². The third-order valence-electron chi connectivity index (χ3n) is 3.62. The molecule has 2 rings (SSSR count). The van der Waals surface area contributed by atoms with E-state index >= 15 is 0 Å². The Kier molecular flexibility index (Phi) is 5.67. The topological polar surface area (TPSA) is 29.5 Å². The highest BCUT2D eigenvalue weighted by Crippen LogP contribution is 2.13. The molecule has 0 N–H and O–H groups in total. The van der Waals surface area contributed by atoms with E-state index in [1.54, 1.807) is 12.1 Å². The summed E-state index contributed by atoms with van der Waals surface area (Å²) in [7, 11) is 3.27. The fourth-order valence-corrected chi connectivity index (χ4v) is 2.38. The Labute approximate surface area is 130 Å². The monoisotopic (exact) mass is 301 g/mol. The standard InChI is InChI=1S/C18H20FNO2/c1-20(13-15-6-4-3-5-7-15)17(18(21)22-2)12-14-8-10-16(19)11-9-14/h3-11,17H,12-13H2,1-2H3. The van der Waals surface area contributed by atoms with Crippen molar-refractivity contribution in [2.75, 3.05) is 14.2 Å². The summed E-state index contributed by atoms with van der Waals surface area (Å²) in [6.07, 6.45) is 0.482. The van der Waals surface area contributed by atoms with Gasteiger partial charge in [0.05, 0.1) is 7.11 Å². The molecule has 0 heterocycles. The van der Waals surface area contributed by atoms with Crippen LogP contribution in [-0.2, 0) is 22.5 Å². The second-order valence-corrected chi connectivity index (χ2v) is 5.27. The number of hydrogen-bond donors (Lipinski definition) is 0. The smallest absolute Gasteiger partial charge is 0.323 e. The van der Waals surface area contributed by atoms with Gasteiger partial charge in [-0.05, 0) is 36.7 Å². The third-order valence-corrected chi connectivity index (χ3v) is 3.62. The molecule has 2 aromatic carbocycles. The molecule has 0 radical (unpaired) electrons. The number of ether oxygens (including phenoxy) is 1. The van der Waals surface area contributed by atoms with Gasteiger partial charge in [0.1, 0.15) is 11.9 Å². The predicted octanol–water partition coefficient (Wildman–Crippen LogP) is 3.04. The Morgan fingerprint density at radius 2 is 1.73 bits per heavy atom. The summed E-state index contributed by atoms with van der Waals surface area (Å²) in [6, 6.07) is 15.7. The number of esters is 1. The summed E-state index contributed by atoms with van der Waals surface area (Å²) in [5.74, 6) is -0.571. The molecule has 0 amide bonds. The lowest BCUT2D eigenvalue weighted by Crippen LogP contribution is -2.40. The van der Waals surface area contributed by atoms with Gasteiger partial charge in [0.25, 0.3) is 0 Å². The molecule has 0 aliphatic heterocycles. The Balaban J connectivity index is 2.11. The van der Waals surface area contributed by atoms with Gasteiger partial charge in [0.15, 0.2) is 0 Å². The normalized spacial score (nSPS) is 12.2. The van der Waals surface area contributed by atoms with Crippen LogP contribution in [0, 0.1) is 5.82 Å². The van der Waals surface area contributed by atoms with E-state index in [4.69, 9.17) is 4.74 Å². The van der Waals surface area contributed by atoms with Crippen molar-refractivity contribution in [1.82, 2.24) is 4.90 Å². The Bertz CT molecular complexity index is 598. The van der Waals surface area contributed by atoms with Crippen LogP contribution in [0.2, 0.25) is 0 Å². The van der Waals surface area contributed by atoms with Gasteiger partial charge in [-0.15, -0.1) is 0 Å². The zero-order valence-electron chi connectivity index (χ0n) is 12.8. The van der Waals surface area contributed by atoms with Crippen molar-refractivity contribution in [1.29, 1.82) is 0 Å². The highest BCUT2D eigenvalue weighted by atomic mass is 19.1. The molecule has 0 bridgehead atoms. The summed E-state index contributed by atoms with van der Waals surface area (Å²) >= 11 is 0. The molecule has 116 valence electrons. The molecular formula is C18H20FNO2. The average Bonchev–Trinajstić information content (AvgIpc) is 2.54. The van der Waals surface area contributed by atoms with Gasteiger partial charge in [-0.25, -0.2) is 4.39 Å². The number of likely N-dealkylation sites (N-methyl/N-ethyl adjacent to an activating group) is 1. The first-order chi connectivity index (χ1) is 10.6. The second-order valence-electron chi connectivity index (χ2n) is 5.27. The molecule has 0 aliphatic rings. The van der Waals surface area contributed by atoms with E-state index in [0.717, 1.165) is 11.1 Å². The first-order valence-corrected chi connectivity index (χ1v) is 7.16. The van der Waals surface area contributed by atoms with E-state index in [0.29, 0.717) is 13.0 Å². The minimum Gasteiger partial charge on any atom is -0.468 e. The van der Waals surface area contributed by atoms with Crippen molar-refractivity contribution in [2.45, 2.75) is 19.0 Å². The molecule has 0 spiro atoms. The summed E-state index contributed by atoms with van der Waals surface area (Å²) in [5.41, 5.74) is 2.02. The van der Waals surface area contributed by atoms with Crippen molar-refractivity contribution in [2.24, 2.45) is 0 Å². The lowest BCUT2D eigenvalue weighted by Gasteiger charge is -2.26. The van der Waals surface area contributed by atoms with Crippen molar-refractivity contribution in [3.05, 3.63) is 71.5 Å². The molecule has 4 heteroatoms. The summed E-state index contributed by atoms with van der Waals surface area (Å²) in [5, 5.41) is 0. The predicted molar refractivity (Wildman–Crippen MR) is 83.8 cm³/mol. The molecule has 1 unspecified atom stereocenters. The SMILES string of the molecule is COC(=O)C(Cc1ccc(F)cc1)N(C)Cc1ccccc1. The van der Waals surface area contributed by atoms with Crippen LogP contribution in [0.4, 0.5) is 4.39 Å². The number of carbonyl (C=O) groups is 1. The number of benzene rings is 2. The highest BCUT2D eigenvalue weighted by molar-refractivity contribution is 5.76. The summed E-state index contributed by atoms with van der Waals surface area (Å²) < 4.78 is 17.9. The Hall–Kier alpha value is -2.20. The molecule has 1 atom stereocenters. The van der Waals surface area contributed by atoms with Crippen LogP contribution in [0.1, 0.15) is 11.1 Å². The van der Waals surface area contributed by atoms with Gasteiger partial charge in [-0.1, -0.05) is 42.5 Å². The zero-order valence-corrected chi connectivity index (χ0v) is 12.8. The molecule has 0 aromatic heterocycles. The first kappa shape index (κ1) is 16.2. The van der Waals surface area contributed by atoms with E-state index in [1.807, 2.05) is 42.3 Å². The van der Waals surface area contributed by atoms with Crippen LogP contribution in [0.15, 0.2) is 54.6 Å². The molecule has 0 aliphatic carbocycles. The van der Waals surface area contributed by atoms with Gasteiger partial charge in [0, 0.05) is 6.54 Å². The maximum Gasteiger partial charge on any atom is 0.323 e. The highest BCUT2D eigenvalue weighted by Gasteiger charge is 2.24. The van der Waals surface area contributed by atoms with Gasteiger partial charge in [-0.2, -0.15) is 0 Å². The van der Waals surface area contributed by atoms with Crippen LogP contribution in [-0.4, -0.2) is 31.1 Å². The molecule has 0 fully saturated rings. The van der Waals surface area contributed by atoms with Gasteiger partial charge < -0.3 is 4.74 Å². The Morgan fingerprint density at radius 3 is 2.32 bits per heavy atom. The molecule has 0 saturated carbocycles. The van der Waals surface area contributed by atoms with E-state index in [2.05, 4.69) is 0 Å². The molecule has 22 heavy (non-hydrogen) atoms. The second kappa shape index (κ2) is 7.71. The Morgan fingerprint density at radius 1 is 1.09 bits per heavy atom. The third kappa shape index (κ3) is 4.40. The minimum atomic E-state index is -0.407. The van der Waals surface area contributed by atoms with E-state index in [9.17, 15) is 9.18 Å². The van der Waals surface area contributed by atoms with Crippen LogP contribution in [0.25, 0.3) is 0 Å². The summed E-state index contributed by atoms with van der Waals surface area (Å²) in [6.45, 7) is 0.641. The van der Waals surface area contributed by atoms with Crippen molar-refractivity contribution in [3.8, 4) is 0 Å². The first-order valence-electron chi connectivity index (χ1n) is 7.16. The number of carbonyl (C=O) groups excluding carboxylic acids is 1. The number of methoxy groups -OCH3 is 1. The van der Waals surface area contributed by atoms with Gasteiger partial charge in [-0.3, -0.25) is 9.69 Å². The van der Waals surface area contributed by atoms with Gasteiger partial charge in [0.2, 0.25) is 0 Å². The van der Waals surface area contributed by atoms with E-state index in [1.165, 1.54) is 19.2 Å². The number of hydrogen-bond acceptors (Lipinski definition) is 3. The van der Waals surface area contributed by atoms with E-state index in [-0.39, 0.29) is 11.8 Å². The lowest BCUT2D eigenvalue weighted by molar-refractivity contribution is -0.146. The molecule has 2 aromatic rings. The summed E-state index contributed by atoms with van der Waals surface area (Å²) in [4.78, 5) is 14.0. The van der Waals surface area contributed by atoms with Crippen LogP contribution < -0.4 is 0 Å². The van der Waals surface area contributed by atoms with Gasteiger partial charge >= 0.3 is 5.97 Å². The molecule has 0 saturated heterocycles. The molecular weight excluding hydrogens is 281 g/mol. The number of nitrogens with zero attached hydrogens (tertiary/aromatic N) is 1. The van der Waals surface area contributed by atoms with Crippen LogP contribution in [0.5, 0.6) is 0 Å². The minimum absolute atomic E-state index is 0.281. The fourth-order valence-electron chi connectivity index (χ4n) is 2.38. The average molecular weight is 301 g/mol. The maximum atomic E-state index is 13.0. The molecule has 3 nitrogen and oxygen atoms in total.